The SMILES string of the molecule is CN(C)C(C)(C)CNC1CCCOc2cc(Br)ccc21. The lowest BCUT2D eigenvalue weighted by Gasteiger charge is -2.34. The van der Waals surface area contributed by atoms with E-state index in [1.807, 2.05) is 0 Å². The number of nitrogens with one attached hydrogen (secondary N) is 1. The predicted octanol–water partition coefficient (Wildman–Crippen LogP) is 3.59. The van der Waals surface area contributed by atoms with Gasteiger partial charge in [0, 0.05) is 28.2 Å². The van der Waals surface area contributed by atoms with Crippen LogP contribution in [0.5, 0.6) is 5.75 Å². The van der Waals surface area contributed by atoms with Gasteiger partial charge in [0.05, 0.1) is 6.61 Å². The van der Waals surface area contributed by atoms with Crippen molar-refractivity contribution in [3.63, 3.8) is 0 Å². The summed E-state index contributed by atoms with van der Waals surface area (Å²) in [5, 5.41) is 3.72. The van der Waals surface area contributed by atoms with Crippen LogP contribution in [-0.2, 0) is 0 Å². The van der Waals surface area contributed by atoms with E-state index < -0.39 is 0 Å². The van der Waals surface area contributed by atoms with E-state index in [0.29, 0.717) is 6.04 Å². The molecule has 0 saturated carbocycles. The molecule has 0 aromatic heterocycles. The van der Waals surface area contributed by atoms with Crippen molar-refractivity contribution in [2.45, 2.75) is 38.3 Å². The Morgan fingerprint density at radius 2 is 2.15 bits per heavy atom. The molecule has 0 amide bonds. The average Bonchev–Trinajstić information content (AvgIpc) is 2.58. The van der Waals surface area contributed by atoms with Gasteiger partial charge < -0.3 is 15.0 Å². The molecule has 1 unspecified atom stereocenters. The Kier molecular flexibility index (Phi) is 5.10. The van der Waals surface area contributed by atoms with E-state index in [4.69, 9.17) is 4.74 Å². The van der Waals surface area contributed by atoms with E-state index in [1.54, 1.807) is 0 Å². The first-order valence-electron chi connectivity index (χ1n) is 7.23. The lowest BCUT2D eigenvalue weighted by Crippen LogP contribution is -2.47. The zero-order valence-corrected chi connectivity index (χ0v) is 14.5. The van der Waals surface area contributed by atoms with Crippen molar-refractivity contribution in [2.75, 3.05) is 27.2 Å². The standard InChI is InChI=1S/C16H25BrN2O/c1-16(2,19(3)4)11-18-14-6-5-9-20-15-10-12(17)7-8-13(14)15/h7-8,10,14,18H,5-6,9,11H2,1-4H3. The second-order valence-corrected chi connectivity index (χ2v) is 7.23. The van der Waals surface area contributed by atoms with Crippen molar-refractivity contribution in [3.05, 3.63) is 28.2 Å². The summed E-state index contributed by atoms with van der Waals surface area (Å²) in [5.41, 5.74) is 1.42. The topological polar surface area (TPSA) is 24.5 Å². The van der Waals surface area contributed by atoms with Crippen molar-refractivity contribution < 1.29 is 4.74 Å². The number of likely N-dealkylation sites (N-methyl/N-ethyl adjacent to an activating group) is 1. The first-order valence-corrected chi connectivity index (χ1v) is 8.02. The Balaban J connectivity index is 2.13. The highest BCUT2D eigenvalue weighted by atomic mass is 79.9. The van der Waals surface area contributed by atoms with Gasteiger partial charge in [-0.2, -0.15) is 0 Å². The highest BCUT2D eigenvalue weighted by molar-refractivity contribution is 9.10. The molecule has 0 radical (unpaired) electrons. The van der Waals surface area contributed by atoms with E-state index >= 15 is 0 Å². The first-order chi connectivity index (χ1) is 9.40. The van der Waals surface area contributed by atoms with Gasteiger partial charge >= 0.3 is 0 Å². The van der Waals surface area contributed by atoms with E-state index in [0.717, 1.165) is 36.2 Å². The van der Waals surface area contributed by atoms with Gasteiger partial charge in [-0.15, -0.1) is 0 Å². The van der Waals surface area contributed by atoms with E-state index in [2.05, 4.69) is 72.3 Å². The summed E-state index contributed by atoms with van der Waals surface area (Å²) in [6.45, 7) is 6.28. The van der Waals surface area contributed by atoms with Crippen LogP contribution in [0, 0.1) is 0 Å². The Morgan fingerprint density at radius 1 is 1.40 bits per heavy atom. The Bertz CT molecular complexity index is 460. The fourth-order valence-electron chi connectivity index (χ4n) is 2.29. The van der Waals surface area contributed by atoms with Gasteiger partial charge in [-0.25, -0.2) is 0 Å². The third kappa shape index (κ3) is 3.74. The molecule has 1 atom stereocenters. The molecule has 0 bridgehead atoms. The smallest absolute Gasteiger partial charge is 0.125 e. The van der Waals surface area contributed by atoms with Crippen LogP contribution in [0.25, 0.3) is 0 Å². The van der Waals surface area contributed by atoms with Crippen LogP contribution < -0.4 is 10.1 Å². The van der Waals surface area contributed by atoms with E-state index in [1.165, 1.54) is 5.56 Å². The summed E-state index contributed by atoms with van der Waals surface area (Å²) >= 11 is 3.52. The summed E-state index contributed by atoms with van der Waals surface area (Å²) in [7, 11) is 4.26. The van der Waals surface area contributed by atoms with Gasteiger partial charge in [-0.1, -0.05) is 22.0 Å². The summed E-state index contributed by atoms with van der Waals surface area (Å²) in [6, 6.07) is 6.72. The molecule has 1 heterocycles. The summed E-state index contributed by atoms with van der Waals surface area (Å²) in [5.74, 6) is 1.01. The van der Waals surface area contributed by atoms with Crippen LogP contribution in [0.2, 0.25) is 0 Å². The number of hydrogen-bond acceptors (Lipinski definition) is 3. The normalized spacial score (nSPS) is 19.4. The number of fused-ring (bicyclic) bond motifs is 1. The van der Waals surface area contributed by atoms with Gasteiger partial charge in [0.2, 0.25) is 0 Å². The second-order valence-electron chi connectivity index (χ2n) is 6.31. The van der Waals surface area contributed by atoms with Crippen molar-refractivity contribution in [2.24, 2.45) is 0 Å². The molecule has 4 heteroatoms. The van der Waals surface area contributed by atoms with Crippen LogP contribution in [0.4, 0.5) is 0 Å². The fraction of sp³-hybridized carbons (Fsp3) is 0.625. The first kappa shape index (κ1) is 15.8. The van der Waals surface area contributed by atoms with Crippen molar-refractivity contribution in [1.82, 2.24) is 10.2 Å². The molecule has 0 aliphatic carbocycles. The summed E-state index contributed by atoms with van der Waals surface area (Å²) in [6.07, 6.45) is 2.21. The molecule has 112 valence electrons. The number of ether oxygens (including phenoxy) is 1. The Labute approximate surface area is 130 Å². The number of halogens is 1. The Hall–Kier alpha value is -0.580. The minimum absolute atomic E-state index is 0.142. The molecular formula is C16H25BrN2O. The van der Waals surface area contributed by atoms with Gasteiger partial charge in [0.15, 0.2) is 0 Å². The largest absolute Gasteiger partial charge is 0.493 e. The van der Waals surface area contributed by atoms with Gasteiger partial charge in [-0.05, 0) is 52.9 Å². The molecule has 1 aromatic rings. The molecule has 1 N–H and O–H groups in total. The summed E-state index contributed by atoms with van der Waals surface area (Å²) in [4.78, 5) is 2.26. The maximum atomic E-state index is 5.86. The third-order valence-electron chi connectivity index (χ3n) is 4.24. The highest BCUT2D eigenvalue weighted by Crippen LogP contribution is 2.33. The van der Waals surface area contributed by atoms with Gasteiger partial charge in [0.25, 0.3) is 0 Å². The molecule has 2 rings (SSSR count). The van der Waals surface area contributed by atoms with Crippen LogP contribution in [0.3, 0.4) is 0 Å². The highest BCUT2D eigenvalue weighted by Gasteiger charge is 2.25. The molecule has 1 aliphatic heterocycles. The van der Waals surface area contributed by atoms with Gasteiger partial charge in [-0.3, -0.25) is 0 Å². The number of nitrogens with zero attached hydrogens (tertiary/aromatic N) is 1. The zero-order chi connectivity index (χ0) is 14.8. The van der Waals surface area contributed by atoms with Crippen LogP contribution in [-0.4, -0.2) is 37.7 Å². The monoisotopic (exact) mass is 340 g/mol. The zero-order valence-electron chi connectivity index (χ0n) is 12.9. The number of hydrogen-bond donors (Lipinski definition) is 1. The minimum Gasteiger partial charge on any atom is -0.493 e. The molecule has 3 nitrogen and oxygen atoms in total. The average molecular weight is 341 g/mol. The molecule has 1 aliphatic rings. The van der Waals surface area contributed by atoms with Crippen LogP contribution >= 0.6 is 15.9 Å². The Morgan fingerprint density at radius 3 is 2.85 bits per heavy atom. The molecule has 0 spiro atoms. The summed E-state index contributed by atoms with van der Waals surface area (Å²) < 4.78 is 6.93. The van der Waals surface area contributed by atoms with Crippen molar-refractivity contribution in [3.8, 4) is 5.75 Å². The third-order valence-corrected chi connectivity index (χ3v) is 4.73. The van der Waals surface area contributed by atoms with E-state index in [-0.39, 0.29) is 5.54 Å². The lowest BCUT2D eigenvalue weighted by molar-refractivity contribution is 0.183. The van der Waals surface area contributed by atoms with Crippen molar-refractivity contribution >= 4 is 15.9 Å². The predicted molar refractivity (Wildman–Crippen MR) is 87.4 cm³/mol. The van der Waals surface area contributed by atoms with Gasteiger partial charge in [0.1, 0.15) is 5.75 Å². The van der Waals surface area contributed by atoms with Crippen LogP contribution in [0.15, 0.2) is 22.7 Å². The molecule has 20 heavy (non-hydrogen) atoms. The molecular weight excluding hydrogens is 316 g/mol. The maximum absolute atomic E-state index is 5.86. The van der Waals surface area contributed by atoms with E-state index in [9.17, 15) is 0 Å². The van der Waals surface area contributed by atoms with Crippen molar-refractivity contribution in [1.29, 1.82) is 0 Å². The molecule has 0 fully saturated rings. The maximum Gasteiger partial charge on any atom is 0.125 e. The lowest BCUT2D eigenvalue weighted by atomic mass is 9.99. The fourth-order valence-corrected chi connectivity index (χ4v) is 2.63. The molecule has 1 aromatic carbocycles. The molecule has 0 saturated heterocycles. The van der Waals surface area contributed by atoms with Crippen LogP contribution in [0.1, 0.15) is 38.3 Å². The quantitative estimate of drug-likeness (QED) is 0.906. The minimum atomic E-state index is 0.142. The number of benzene rings is 1. The number of rotatable bonds is 4. The second kappa shape index (κ2) is 6.46.